The topological polar surface area (TPSA) is 53.1 Å². The number of anilines is 1. The summed E-state index contributed by atoms with van der Waals surface area (Å²) in [6.45, 7) is 6.70. The van der Waals surface area contributed by atoms with Gasteiger partial charge in [-0.25, -0.2) is 0 Å². The van der Waals surface area contributed by atoms with E-state index in [2.05, 4.69) is 18.9 Å². The van der Waals surface area contributed by atoms with Gasteiger partial charge < -0.3 is 10.5 Å². The van der Waals surface area contributed by atoms with Crippen molar-refractivity contribution >= 4 is 5.82 Å². The van der Waals surface area contributed by atoms with Crippen LogP contribution in [0.4, 0.5) is 5.82 Å². The van der Waals surface area contributed by atoms with E-state index < -0.39 is 0 Å². The highest BCUT2D eigenvalue weighted by Crippen LogP contribution is 2.22. The van der Waals surface area contributed by atoms with Crippen molar-refractivity contribution in [2.45, 2.75) is 33.4 Å². The molecule has 4 heteroatoms. The number of fused-ring (bicyclic) bond motifs is 1. The number of hydrogen-bond acceptors (Lipinski definition) is 3. The van der Waals surface area contributed by atoms with Crippen molar-refractivity contribution in [2.75, 3.05) is 12.3 Å². The van der Waals surface area contributed by atoms with Crippen molar-refractivity contribution in [3.05, 3.63) is 11.3 Å². The summed E-state index contributed by atoms with van der Waals surface area (Å²) in [7, 11) is 0. The fourth-order valence-corrected chi connectivity index (χ4v) is 1.83. The summed E-state index contributed by atoms with van der Waals surface area (Å²) in [6, 6.07) is 0. The Morgan fingerprint density at radius 3 is 3.07 bits per heavy atom. The van der Waals surface area contributed by atoms with Crippen molar-refractivity contribution in [1.29, 1.82) is 0 Å². The molecule has 14 heavy (non-hydrogen) atoms. The van der Waals surface area contributed by atoms with Crippen LogP contribution >= 0.6 is 0 Å². The van der Waals surface area contributed by atoms with Gasteiger partial charge in [0, 0.05) is 18.5 Å². The number of aromatic nitrogens is 2. The third-order valence-electron chi connectivity index (χ3n) is 2.47. The minimum atomic E-state index is 0.584. The first kappa shape index (κ1) is 9.52. The van der Waals surface area contributed by atoms with Gasteiger partial charge in [-0.05, 0) is 5.92 Å². The third kappa shape index (κ3) is 1.62. The lowest BCUT2D eigenvalue weighted by molar-refractivity contribution is 0.104. The maximum atomic E-state index is 5.85. The first-order valence-electron chi connectivity index (χ1n) is 5.10. The van der Waals surface area contributed by atoms with Crippen LogP contribution in [0.2, 0.25) is 0 Å². The Balaban J connectivity index is 2.31. The van der Waals surface area contributed by atoms with Crippen molar-refractivity contribution < 1.29 is 4.74 Å². The largest absolute Gasteiger partial charge is 0.382 e. The lowest BCUT2D eigenvalue weighted by Gasteiger charge is -2.15. The fourth-order valence-electron chi connectivity index (χ4n) is 1.83. The summed E-state index contributed by atoms with van der Waals surface area (Å²) in [5.74, 6) is 1.27. The molecule has 0 bridgehead atoms. The number of hydrogen-bond donors (Lipinski definition) is 1. The van der Waals surface area contributed by atoms with Crippen LogP contribution in [0.15, 0.2) is 0 Å². The molecule has 2 N–H and O–H groups in total. The molecule has 0 fully saturated rings. The van der Waals surface area contributed by atoms with Crippen LogP contribution in [-0.4, -0.2) is 16.4 Å². The summed E-state index contributed by atoms with van der Waals surface area (Å²) >= 11 is 0. The normalized spacial score (nSPS) is 15.9. The summed E-state index contributed by atoms with van der Waals surface area (Å²) in [4.78, 5) is 0. The Bertz CT molecular complexity index is 330. The molecule has 4 nitrogen and oxygen atoms in total. The second kappa shape index (κ2) is 3.61. The minimum Gasteiger partial charge on any atom is -0.382 e. The molecule has 78 valence electrons. The van der Waals surface area contributed by atoms with Gasteiger partial charge >= 0.3 is 0 Å². The molecule has 0 unspecified atom stereocenters. The number of nitrogens with zero attached hydrogens (tertiary/aromatic N) is 2. The summed E-state index contributed by atoms with van der Waals surface area (Å²) in [5.41, 5.74) is 8.21. The van der Waals surface area contributed by atoms with Gasteiger partial charge in [0.05, 0.1) is 18.9 Å². The first-order chi connectivity index (χ1) is 6.68. The zero-order chi connectivity index (χ0) is 10.1. The van der Waals surface area contributed by atoms with Crippen LogP contribution in [0.3, 0.4) is 0 Å². The second-order valence-corrected chi connectivity index (χ2v) is 4.19. The highest BCUT2D eigenvalue weighted by Gasteiger charge is 2.19. The number of nitrogens with two attached hydrogens (primary N) is 1. The van der Waals surface area contributed by atoms with Crippen LogP contribution in [-0.2, 0) is 24.3 Å². The highest BCUT2D eigenvalue weighted by atomic mass is 16.5. The van der Waals surface area contributed by atoms with Gasteiger partial charge in [0.15, 0.2) is 0 Å². The van der Waals surface area contributed by atoms with E-state index in [0.29, 0.717) is 18.3 Å². The van der Waals surface area contributed by atoms with Gasteiger partial charge in [-0.2, -0.15) is 5.10 Å². The number of nitrogen functional groups attached to an aromatic ring is 1. The van der Waals surface area contributed by atoms with Crippen molar-refractivity contribution in [2.24, 2.45) is 5.92 Å². The van der Waals surface area contributed by atoms with Gasteiger partial charge in [0.1, 0.15) is 5.82 Å². The Morgan fingerprint density at radius 2 is 2.36 bits per heavy atom. The van der Waals surface area contributed by atoms with Crippen LogP contribution in [0.5, 0.6) is 0 Å². The average Bonchev–Trinajstić information content (AvgIpc) is 2.44. The predicted molar refractivity (Wildman–Crippen MR) is 54.8 cm³/mol. The van der Waals surface area contributed by atoms with Crippen molar-refractivity contribution in [3.63, 3.8) is 0 Å². The highest BCUT2D eigenvalue weighted by molar-refractivity contribution is 5.43. The molecule has 0 amide bonds. The lowest BCUT2D eigenvalue weighted by atomic mass is 10.1. The Hall–Kier alpha value is -1.03. The molecule has 2 heterocycles. The van der Waals surface area contributed by atoms with E-state index in [0.717, 1.165) is 19.6 Å². The molecule has 1 aliphatic heterocycles. The van der Waals surface area contributed by atoms with Crippen molar-refractivity contribution in [1.82, 2.24) is 9.78 Å². The lowest BCUT2D eigenvalue weighted by Crippen LogP contribution is -2.15. The SMILES string of the molecule is CC(C)Cn1nc(N)c2c1COCC2. The van der Waals surface area contributed by atoms with Gasteiger partial charge in [0.25, 0.3) is 0 Å². The van der Waals surface area contributed by atoms with E-state index in [1.807, 2.05) is 4.68 Å². The van der Waals surface area contributed by atoms with E-state index in [9.17, 15) is 0 Å². The molecular weight excluding hydrogens is 178 g/mol. The van der Waals surface area contributed by atoms with Crippen LogP contribution < -0.4 is 5.73 Å². The Morgan fingerprint density at radius 1 is 1.57 bits per heavy atom. The monoisotopic (exact) mass is 195 g/mol. The second-order valence-electron chi connectivity index (χ2n) is 4.19. The van der Waals surface area contributed by atoms with Gasteiger partial charge in [0.2, 0.25) is 0 Å². The van der Waals surface area contributed by atoms with E-state index >= 15 is 0 Å². The average molecular weight is 195 g/mol. The zero-order valence-corrected chi connectivity index (χ0v) is 8.79. The quantitative estimate of drug-likeness (QED) is 0.771. The number of rotatable bonds is 2. The minimum absolute atomic E-state index is 0.584. The van der Waals surface area contributed by atoms with Crippen LogP contribution in [0, 0.1) is 5.92 Å². The fraction of sp³-hybridized carbons (Fsp3) is 0.700. The van der Waals surface area contributed by atoms with Crippen LogP contribution in [0.1, 0.15) is 25.1 Å². The molecular formula is C10H17N3O. The molecule has 0 radical (unpaired) electrons. The van der Waals surface area contributed by atoms with E-state index in [4.69, 9.17) is 10.5 Å². The van der Waals surface area contributed by atoms with Crippen LogP contribution in [0.25, 0.3) is 0 Å². The smallest absolute Gasteiger partial charge is 0.149 e. The van der Waals surface area contributed by atoms with E-state index in [1.54, 1.807) is 0 Å². The Labute approximate surface area is 84.0 Å². The Kier molecular flexibility index (Phi) is 2.46. The standard InChI is InChI=1S/C10H17N3O/c1-7(2)5-13-9-6-14-4-3-8(9)10(11)12-13/h7H,3-6H2,1-2H3,(H2,11,12). The molecule has 2 rings (SSSR count). The molecule has 1 aromatic heterocycles. The molecule has 0 aliphatic carbocycles. The zero-order valence-electron chi connectivity index (χ0n) is 8.79. The molecule has 1 aliphatic rings. The van der Waals surface area contributed by atoms with Gasteiger partial charge in [-0.1, -0.05) is 13.8 Å². The van der Waals surface area contributed by atoms with Gasteiger partial charge in [-0.15, -0.1) is 0 Å². The summed E-state index contributed by atoms with van der Waals surface area (Å²) in [5, 5.41) is 4.35. The number of ether oxygens (including phenoxy) is 1. The molecule has 0 aromatic carbocycles. The first-order valence-corrected chi connectivity index (χ1v) is 5.10. The molecule has 1 aromatic rings. The van der Waals surface area contributed by atoms with Gasteiger partial charge in [-0.3, -0.25) is 4.68 Å². The molecule has 0 spiro atoms. The summed E-state index contributed by atoms with van der Waals surface area (Å²) < 4.78 is 7.41. The summed E-state index contributed by atoms with van der Waals surface area (Å²) in [6.07, 6.45) is 0.902. The van der Waals surface area contributed by atoms with E-state index in [-0.39, 0.29) is 0 Å². The predicted octanol–water partition coefficient (Wildman–Crippen LogP) is 1.19. The van der Waals surface area contributed by atoms with E-state index in [1.165, 1.54) is 11.3 Å². The maximum Gasteiger partial charge on any atom is 0.149 e. The molecule has 0 atom stereocenters. The molecule has 0 saturated carbocycles. The van der Waals surface area contributed by atoms with Crippen molar-refractivity contribution in [3.8, 4) is 0 Å². The molecule has 0 saturated heterocycles. The maximum absolute atomic E-state index is 5.85. The third-order valence-corrected chi connectivity index (χ3v) is 2.47.